The lowest BCUT2D eigenvalue weighted by Crippen LogP contribution is -2.32. The lowest BCUT2D eigenvalue weighted by molar-refractivity contribution is 0.212. The van der Waals surface area contributed by atoms with Crippen molar-refractivity contribution in [2.45, 2.75) is 31.8 Å². The molecule has 0 amide bonds. The molecule has 0 spiro atoms. The number of rotatable bonds is 3. The zero-order valence-electron chi connectivity index (χ0n) is 11.1. The van der Waals surface area contributed by atoms with Crippen LogP contribution >= 0.6 is 0 Å². The predicted octanol–water partition coefficient (Wildman–Crippen LogP) is 2.60. The summed E-state index contributed by atoms with van der Waals surface area (Å²) in [7, 11) is 4.50. The van der Waals surface area contributed by atoms with Gasteiger partial charge >= 0.3 is 0 Å². The van der Waals surface area contributed by atoms with E-state index in [1.807, 2.05) is 0 Å². The Morgan fingerprint density at radius 3 is 2.71 bits per heavy atom. The minimum Gasteiger partial charge on any atom is -0.306 e. The topological polar surface area (TPSA) is 6.48 Å². The van der Waals surface area contributed by atoms with Crippen LogP contribution in [0.3, 0.4) is 0 Å². The first-order valence-electron chi connectivity index (χ1n) is 6.68. The summed E-state index contributed by atoms with van der Waals surface area (Å²) >= 11 is 0. The van der Waals surface area contributed by atoms with Crippen molar-refractivity contribution in [2.24, 2.45) is 0 Å². The van der Waals surface area contributed by atoms with Crippen LogP contribution in [0.25, 0.3) is 0 Å². The van der Waals surface area contributed by atoms with E-state index in [4.69, 9.17) is 0 Å². The van der Waals surface area contributed by atoms with Gasteiger partial charge < -0.3 is 4.90 Å². The molecular weight excluding hydrogens is 208 g/mol. The maximum Gasteiger partial charge on any atom is 0.0233 e. The van der Waals surface area contributed by atoms with Crippen LogP contribution in [0.15, 0.2) is 30.3 Å². The molecule has 1 aromatic carbocycles. The second-order valence-electron chi connectivity index (χ2n) is 5.29. The van der Waals surface area contributed by atoms with Crippen LogP contribution in [0.2, 0.25) is 0 Å². The third-order valence-electron chi connectivity index (χ3n) is 3.82. The van der Waals surface area contributed by atoms with Gasteiger partial charge in [-0.25, -0.2) is 0 Å². The van der Waals surface area contributed by atoms with Crippen LogP contribution in [-0.2, 0) is 6.54 Å². The monoisotopic (exact) mass is 232 g/mol. The van der Waals surface area contributed by atoms with Crippen molar-refractivity contribution in [2.75, 3.05) is 27.2 Å². The molecule has 0 radical (unpaired) electrons. The summed E-state index contributed by atoms with van der Waals surface area (Å²) in [5.74, 6) is 0. The van der Waals surface area contributed by atoms with Crippen molar-refractivity contribution < 1.29 is 0 Å². The summed E-state index contributed by atoms with van der Waals surface area (Å²) in [4.78, 5) is 4.98. The molecule has 1 aromatic rings. The summed E-state index contributed by atoms with van der Waals surface area (Å²) in [5.41, 5.74) is 1.42. The van der Waals surface area contributed by atoms with Crippen LogP contribution in [0.1, 0.15) is 24.8 Å². The molecule has 2 nitrogen and oxygen atoms in total. The fourth-order valence-electron chi connectivity index (χ4n) is 2.66. The smallest absolute Gasteiger partial charge is 0.0233 e. The van der Waals surface area contributed by atoms with Crippen molar-refractivity contribution in [3.05, 3.63) is 35.9 Å². The largest absolute Gasteiger partial charge is 0.306 e. The van der Waals surface area contributed by atoms with Crippen molar-refractivity contribution in [3.63, 3.8) is 0 Å². The summed E-state index contributed by atoms with van der Waals surface area (Å²) in [6.07, 6.45) is 3.98. The Balaban J connectivity index is 1.89. The Kier molecular flexibility index (Phi) is 4.57. The summed E-state index contributed by atoms with van der Waals surface area (Å²) in [6.45, 7) is 3.58. The molecule has 0 aliphatic carbocycles. The Bertz CT molecular complexity index is 323. The van der Waals surface area contributed by atoms with Gasteiger partial charge in [0.15, 0.2) is 0 Å². The molecule has 17 heavy (non-hydrogen) atoms. The lowest BCUT2D eigenvalue weighted by Gasteiger charge is -2.27. The maximum atomic E-state index is 2.52. The van der Waals surface area contributed by atoms with Crippen LogP contribution in [0, 0.1) is 0 Å². The lowest BCUT2D eigenvalue weighted by atomic mass is 10.1. The molecular formula is C15H24N2. The molecule has 1 saturated heterocycles. The molecule has 1 atom stereocenters. The fraction of sp³-hybridized carbons (Fsp3) is 0.600. The molecule has 2 heteroatoms. The van der Waals surface area contributed by atoms with E-state index in [2.05, 4.69) is 54.2 Å². The van der Waals surface area contributed by atoms with Gasteiger partial charge in [0, 0.05) is 12.6 Å². The van der Waals surface area contributed by atoms with Gasteiger partial charge in [0.25, 0.3) is 0 Å². The van der Waals surface area contributed by atoms with Crippen molar-refractivity contribution in [1.82, 2.24) is 9.80 Å². The van der Waals surface area contributed by atoms with Crippen molar-refractivity contribution >= 4 is 0 Å². The zero-order chi connectivity index (χ0) is 12.1. The fourth-order valence-corrected chi connectivity index (χ4v) is 2.66. The molecule has 0 N–H and O–H groups in total. The number of benzene rings is 1. The molecule has 0 aromatic heterocycles. The van der Waals surface area contributed by atoms with Crippen LogP contribution in [-0.4, -0.2) is 43.0 Å². The summed E-state index contributed by atoms with van der Waals surface area (Å²) in [5, 5.41) is 0. The quantitative estimate of drug-likeness (QED) is 0.790. The van der Waals surface area contributed by atoms with Crippen LogP contribution < -0.4 is 0 Å². The molecule has 0 bridgehead atoms. The zero-order valence-corrected chi connectivity index (χ0v) is 11.1. The molecule has 1 aliphatic rings. The van der Waals surface area contributed by atoms with Gasteiger partial charge in [-0.2, -0.15) is 0 Å². The highest BCUT2D eigenvalue weighted by atomic mass is 15.2. The first-order chi connectivity index (χ1) is 8.25. The maximum absolute atomic E-state index is 2.52. The Hall–Kier alpha value is -0.860. The van der Waals surface area contributed by atoms with Gasteiger partial charge in [-0.15, -0.1) is 0 Å². The second-order valence-corrected chi connectivity index (χ2v) is 5.29. The van der Waals surface area contributed by atoms with E-state index >= 15 is 0 Å². The Labute approximate surface area is 105 Å². The molecule has 1 heterocycles. The van der Waals surface area contributed by atoms with Gasteiger partial charge in [0.05, 0.1) is 0 Å². The number of hydrogen-bond acceptors (Lipinski definition) is 2. The van der Waals surface area contributed by atoms with Crippen molar-refractivity contribution in [3.8, 4) is 0 Å². The summed E-state index contributed by atoms with van der Waals surface area (Å²) in [6, 6.07) is 11.5. The third-order valence-corrected chi connectivity index (χ3v) is 3.82. The summed E-state index contributed by atoms with van der Waals surface area (Å²) < 4.78 is 0. The van der Waals surface area contributed by atoms with Gasteiger partial charge in [-0.3, -0.25) is 4.90 Å². The molecule has 1 unspecified atom stereocenters. The number of nitrogens with zero attached hydrogens (tertiary/aromatic N) is 2. The van der Waals surface area contributed by atoms with E-state index in [0.717, 1.165) is 12.6 Å². The molecule has 1 fully saturated rings. The Morgan fingerprint density at radius 1 is 1.18 bits per heavy atom. The molecule has 94 valence electrons. The first kappa shape index (κ1) is 12.6. The van der Waals surface area contributed by atoms with E-state index in [9.17, 15) is 0 Å². The van der Waals surface area contributed by atoms with Crippen LogP contribution in [0.4, 0.5) is 0 Å². The third kappa shape index (κ3) is 3.83. The minimum atomic E-state index is 0.750. The SMILES string of the molecule is CN1CCCC(N(C)Cc2ccccc2)CC1. The first-order valence-corrected chi connectivity index (χ1v) is 6.68. The number of hydrogen-bond donors (Lipinski definition) is 0. The van der Waals surface area contributed by atoms with E-state index in [1.165, 1.54) is 37.9 Å². The average molecular weight is 232 g/mol. The van der Waals surface area contributed by atoms with E-state index in [0.29, 0.717) is 0 Å². The van der Waals surface area contributed by atoms with E-state index in [1.54, 1.807) is 0 Å². The highest BCUT2D eigenvalue weighted by molar-refractivity contribution is 5.14. The van der Waals surface area contributed by atoms with Gasteiger partial charge in [0.2, 0.25) is 0 Å². The van der Waals surface area contributed by atoms with Crippen LogP contribution in [0.5, 0.6) is 0 Å². The predicted molar refractivity (Wildman–Crippen MR) is 73.0 cm³/mol. The van der Waals surface area contributed by atoms with E-state index < -0.39 is 0 Å². The molecule has 1 aliphatic heterocycles. The highest BCUT2D eigenvalue weighted by Crippen LogP contribution is 2.16. The number of likely N-dealkylation sites (tertiary alicyclic amines) is 1. The minimum absolute atomic E-state index is 0.750. The standard InChI is InChI=1S/C15H24N2/c1-16-11-6-9-15(10-12-16)17(2)13-14-7-4-3-5-8-14/h3-5,7-8,15H,6,9-13H2,1-2H3. The average Bonchev–Trinajstić information content (AvgIpc) is 2.55. The van der Waals surface area contributed by atoms with Gasteiger partial charge in [-0.05, 0) is 52.0 Å². The molecule has 2 rings (SSSR count). The second kappa shape index (κ2) is 6.18. The van der Waals surface area contributed by atoms with Gasteiger partial charge in [0.1, 0.15) is 0 Å². The van der Waals surface area contributed by atoms with Crippen molar-refractivity contribution in [1.29, 1.82) is 0 Å². The Morgan fingerprint density at radius 2 is 1.94 bits per heavy atom. The highest BCUT2D eigenvalue weighted by Gasteiger charge is 2.18. The molecule has 0 saturated carbocycles. The normalized spacial score (nSPS) is 22.6. The van der Waals surface area contributed by atoms with E-state index in [-0.39, 0.29) is 0 Å². The van der Waals surface area contributed by atoms with Gasteiger partial charge in [-0.1, -0.05) is 30.3 Å².